The molecule has 3 aromatic rings. The molecule has 1 N–H and O–H groups in total. The average molecular weight is 393 g/mol. The molecule has 28 heavy (non-hydrogen) atoms. The highest BCUT2D eigenvalue weighted by molar-refractivity contribution is 7.10. The van der Waals surface area contributed by atoms with Crippen LogP contribution in [0.3, 0.4) is 0 Å². The lowest BCUT2D eigenvalue weighted by Crippen LogP contribution is -2.40. The number of hydrogen-bond donors (Lipinski definition) is 1. The topological polar surface area (TPSA) is 58.1 Å². The Morgan fingerprint density at radius 2 is 2.21 bits per heavy atom. The molecule has 1 aromatic carbocycles. The van der Waals surface area contributed by atoms with Crippen molar-refractivity contribution in [2.45, 2.75) is 32.1 Å². The molecule has 1 amide bonds. The van der Waals surface area contributed by atoms with Crippen molar-refractivity contribution in [2.75, 3.05) is 18.4 Å². The third-order valence-corrected chi connectivity index (χ3v) is 5.93. The maximum atomic E-state index is 12.7. The fraction of sp³-hybridized carbons (Fsp3) is 0.318. The van der Waals surface area contributed by atoms with Crippen molar-refractivity contribution >= 4 is 28.9 Å². The van der Waals surface area contributed by atoms with Crippen LogP contribution in [0.25, 0.3) is 0 Å². The molecule has 0 bridgehead atoms. The van der Waals surface area contributed by atoms with Gasteiger partial charge >= 0.3 is 0 Å². The van der Waals surface area contributed by atoms with Crippen LogP contribution in [0.2, 0.25) is 0 Å². The minimum Gasteiger partial charge on any atom is -0.342 e. The molecule has 1 fully saturated rings. The Balaban J connectivity index is 1.44. The van der Waals surface area contributed by atoms with Gasteiger partial charge in [-0.1, -0.05) is 18.2 Å². The Kier molecular flexibility index (Phi) is 5.67. The van der Waals surface area contributed by atoms with Crippen LogP contribution in [0.1, 0.15) is 34.9 Å². The van der Waals surface area contributed by atoms with Crippen molar-refractivity contribution in [2.24, 2.45) is 0 Å². The number of anilines is 2. The molecule has 0 saturated carbocycles. The van der Waals surface area contributed by atoms with E-state index in [2.05, 4.69) is 29.4 Å². The SMILES string of the molecule is Cc1cccc(Nc2nccc([C@@H]3CCCN(C(=O)Cc4cccs4)C3)n2)c1. The number of nitrogens with zero attached hydrogens (tertiary/aromatic N) is 3. The number of aromatic nitrogens is 2. The first-order valence-electron chi connectivity index (χ1n) is 9.64. The van der Waals surface area contributed by atoms with Gasteiger partial charge in [0.2, 0.25) is 11.9 Å². The van der Waals surface area contributed by atoms with Crippen LogP contribution < -0.4 is 5.32 Å². The summed E-state index contributed by atoms with van der Waals surface area (Å²) in [7, 11) is 0. The van der Waals surface area contributed by atoms with E-state index in [-0.39, 0.29) is 11.8 Å². The second-order valence-electron chi connectivity index (χ2n) is 7.23. The summed E-state index contributed by atoms with van der Waals surface area (Å²) in [4.78, 5) is 24.9. The largest absolute Gasteiger partial charge is 0.342 e. The first kappa shape index (κ1) is 18.6. The monoisotopic (exact) mass is 392 g/mol. The van der Waals surface area contributed by atoms with E-state index in [1.807, 2.05) is 40.6 Å². The fourth-order valence-corrected chi connectivity index (χ4v) is 4.33. The van der Waals surface area contributed by atoms with Gasteiger partial charge in [0.25, 0.3) is 0 Å². The fourth-order valence-electron chi connectivity index (χ4n) is 3.63. The van der Waals surface area contributed by atoms with E-state index in [0.29, 0.717) is 12.4 Å². The van der Waals surface area contributed by atoms with E-state index in [1.165, 1.54) is 5.56 Å². The maximum Gasteiger partial charge on any atom is 0.227 e. The van der Waals surface area contributed by atoms with Gasteiger partial charge in [0.1, 0.15) is 0 Å². The minimum atomic E-state index is 0.208. The third kappa shape index (κ3) is 4.57. The Bertz CT molecular complexity index is 941. The molecule has 1 saturated heterocycles. The normalized spacial score (nSPS) is 16.8. The molecular weight excluding hydrogens is 368 g/mol. The van der Waals surface area contributed by atoms with E-state index < -0.39 is 0 Å². The van der Waals surface area contributed by atoms with Crippen molar-refractivity contribution in [3.63, 3.8) is 0 Å². The van der Waals surface area contributed by atoms with Gasteiger partial charge in [-0.2, -0.15) is 0 Å². The predicted octanol–water partition coefficient (Wildman–Crippen LogP) is 4.54. The van der Waals surface area contributed by atoms with Crippen LogP contribution in [0.4, 0.5) is 11.6 Å². The van der Waals surface area contributed by atoms with E-state index in [0.717, 1.165) is 42.2 Å². The molecule has 0 spiro atoms. The smallest absolute Gasteiger partial charge is 0.227 e. The van der Waals surface area contributed by atoms with Crippen molar-refractivity contribution in [1.29, 1.82) is 0 Å². The summed E-state index contributed by atoms with van der Waals surface area (Å²) < 4.78 is 0. The third-order valence-electron chi connectivity index (χ3n) is 5.05. The van der Waals surface area contributed by atoms with Gasteiger partial charge in [-0.05, 0) is 55.0 Å². The highest BCUT2D eigenvalue weighted by Gasteiger charge is 2.26. The van der Waals surface area contributed by atoms with Gasteiger partial charge in [-0.3, -0.25) is 4.79 Å². The van der Waals surface area contributed by atoms with Gasteiger partial charge in [0.15, 0.2) is 0 Å². The van der Waals surface area contributed by atoms with Crippen LogP contribution in [0, 0.1) is 6.92 Å². The van der Waals surface area contributed by atoms with Gasteiger partial charge in [-0.25, -0.2) is 9.97 Å². The number of aryl methyl sites for hydroxylation is 1. The second kappa shape index (κ2) is 8.52. The summed E-state index contributed by atoms with van der Waals surface area (Å²) in [6.45, 7) is 3.62. The van der Waals surface area contributed by atoms with Crippen molar-refractivity contribution in [1.82, 2.24) is 14.9 Å². The first-order chi connectivity index (χ1) is 13.7. The van der Waals surface area contributed by atoms with Crippen LogP contribution in [-0.4, -0.2) is 33.9 Å². The average Bonchev–Trinajstić information content (AvgIpc) is 3.21. The molecule has 0 aliphatic carbocycles. The zero-order valence-corrected chi connectivity index (χ0v) is 16.8. The quantitative estimate of drug-likeness (QED) is 0.693. The molecule has 5 nitrogen and oxygen atoms in total. The number of likely N-dealkylation sites (tertiary alicyclic amines) is 1. The van der Waals surface area contributed by atoms with Crippen LogP contribution in [0.15, 0.2) is 54.0 Å². The summed E-state index contributed by atoms with van der Waals surface area (Å²) >= 11 is 1.64. The van der Waals surface area contributed by atoms with Crippen LogP contribution in [-0.2, 0) is 11.2 Å². The standard InChI is InChI=1S/C22H24N4OS/c1-16-5-2-7-18(13-16)24-22-23-10-9-20(25-22)17-6-3-11-26(15-17)21(27)14-19-8-4-12-28-19/h2,4-5,7-10,12-13,17H,3,6,11,14-15H2,1H3,(H,23,24,25)/t17-/m1/s1. The summed E-state index contributed by atoms with van der Waals surface area (Å²) in [6, 6.07) is 14.1. The number of amides is 1. The van der Waals surface area contributed by atoms with Crippen LogP contribution >= 0.6 is 11.3 Å². The number of rotatable bonds is 5. The van der Waals surface area contributed by atoms with Crippen molar-refractivity contribution in [3.05, 3.63) is 70.2 Å². The lowest BCUT2D eigenvalue weighted by atomic mass is 9.94. The zero-order chi connectivity index (χ0) is 19.3. The summed E-state index contributed by atoms with van der Waals surface area (Å²) in [6.07, 6.45) is 4.34. The van der Waals surface area contributed by atoms with Gasteiger partial charge in [-0.15, -0.1) is 11.3 Å². The number of hydrogen-bond acceptors (Lipinski definition) is 5. The summed E-state index contributed by atoms with van der Waals surface area (Å²) in [5.41, 5.74) is 3.17. The number of carbonyl (C=O) groups excluding carboxylic acids is 1. The molecule has 144 valence electrons. The van der Waals surface area contributed by atoms with E-state index in [9.17, 15) is 4.79 Å². The zero-order valence-electron chi connectivity index (χ0n) is 16.0. The summed E-state index contributed by atoms with van der Waals surface area (Å²) in [5.74, 6) is 1.06. The molecule has 0 unspecified atom stereocenters. The number of piperidine rings is 1. The van der Waals surface area contributed by atoms with Crippen LogP contribution in [0.5, 0.6) is 0 Å². The maximum absolute atomic E-state index is 12.7. The molecule has 3 heterocycles. The van der Waals surface area contributed by atoms with Gasteiger partial charge in [0.05, 0.1) is 12.1 Å². The van der Waals surface area contributed by atoms with Crippen molar-refractivity contribution in [3.8, 4) is 0 Å². The number of carbonyl (C=O) groups is 1. The molecule has 1 atom stereocenters. The molecule has 1 aliphatic heterocycles. The lowest BCUT2D eigenvalue weighted by molar-refractivity contribution is -0.131. The molecule has 4 rings (SSSR count). The first-order valence-corrected chi connectivity index (χ1v) is 10.5. The predicted molar refractivity (Wildman–Crippen MR) is 113 cm³/mol. The minimum absolute atomic E-state index is 0.208. The molecule has 0 radical (unpaired) electrons. The van der Waals surface area contributed by atoms with Gasteiger partial charge in [0, 0.05) is 35.8 Å². The molecule has 1 aliphatic rings. The molecule has 2 aromatic heterocycles. The molecular formula is C22H24N4OS. The highest BCUT2D eigenvalue weighted by Crippen LogP contribution is 2.27. The van der Waals surface area contributed by atoms with E-state index >= 15 is 0 Å². The highest BCUT2D eigenvalue weighted by atomic mass is 32.1. The Morgan fingerprint density at radius 1 is 1.29 bits per heavy atom. The molecule has 6 heteroatoms. The Labute approximate surface area is 169 Å². The van der Waals surface area contributed by atoms with Gasteiger partial charge < -0.3 is 10.2 Å². The Morgan fingerprint density at radius 3 is 3.04 bits per heavy atom. The number of thiophene rings is 1. The second-order valence-corrected chi connectivity index (χ2v) is 8.27. The number of nitrogens with one attached hydrogen (secondary N) is 1. The van der Waals surface area contributed by atoms with E-state index in [4.69, 9.17) is 4.98 Å². The Hall–Kier alpha value is -2.73. The van der Waals surface area contributed by atoms with Crippen molar-refractivity contribution < 1.29 is 4.79 Å². The van der Waals surface area contributed by atoms with E-state index in [1.54, 1.807) is 17.5 Å². The summed E-state index contributed by atoms with van der Waals surface area (Å²) in [5, 5.41) is 5.31. The number of benzene rings is 1. The lowest BCUT2D eigenvalue weighted by Gasteiger charge is -2.32.